The summed E-state index contributed by atoms with van der Waals surface area (Å²) in [5, 5.41) is 9.46. The maximum atomic E-state index is 9.46. The third-order valence-electron chi connectivity index (χ3n) is 5.71. The number of aliphatic hydroxyl groups excluding tert-OH is 1. The van der Waals surface area contributed by atoms with Crippen molar-refractivity contribution in [3.8, 4) is 0 Å². The number of aliphatic hydroxyl groups is 1. The van der Waals surface area contributed by atoms with Gasteiger partial charge in [0.2, 0.25) is 0 Å². The molecule has 0 aromatic rings. The molecule has 0 saturated carbocycles. The second-order valence-corrected chi connectivity index (χ2v) is 6.81. The van der Waals surface area contributed by atoms with Gasteiger partial charge in [-0.2, -0.15) is 0 Å². The van der Waals surface area contributed by atoms with Crippen molar-refractivity contribution in [1.82, 2.24) is 9.80 Å². The molecule has 3 heterocycles. The van der Waals surface area contributed by atoms with Gasteiger partial charge in [-0.25, -0.2) is 0 Å². The van der Waals surface area contributed by atoms with Gasteiger partial charge < -0.3 is 5.11 Å². The zero-order valence-electron chi connectivity index (χ0n) is 12.4. The summed E-state index contributed by atoms with van der Waals surface area (Å²) in [7, 11) is 0. The summed E-state index contributed by atoms with van der Waals surface area (Å²) in [4.78, 5) is 5.51. The highest BCUT2D eigenvalue weighted by Gasteiger charge is 2.47. The average Bonchev–Trinajstić information content (AvgIpc) is 2.43. The van der Waals surface area contributed by atoms with Crippen LogP contribution < -0.4 is 0 Å². The second-order valence-electron chi connectivity index (χ2n) is 6.81. The Morgan fingerprint density at radius 3 is 2.68 bits per heavy atom. The standard InChI is InChI=1S/C16H30N2O/c1-2-8-18-12-13-5-3-9-17-10-4-6-14(16(13)17)15(18)7-11-19/h13-16,19H,2-12H2,1H3/t13-,14+,15+,16-/m0/s1. The van der Waals surface area contributed by atoms with E-state index >= 15 is 0 Å². The van der Waals surface area contributed by atoms with E-state index in [1.54, 1.807) is 0 Å². The molecule has 3 nitrogen and oxygen atoms in total. The predicted octanol–water partition coefficient (Wildman–Crippen LogP) is 1.95. The van der Waals surface area contributed by atoms with Gasteiger partial charge in [-0.1, -0.05) is 6.92 Å². The molecule has 3 fully saturated rings. The Bertz CT molecular complexity index is 294. The summed E-state index contributed by atoms with van der Waals surface area (Å²) < 4.78 is 0. The molecule has 3 saturated heterocycles. The summed E-state index contributed by atoms with van der Waals surface area (Å²) in [6.07, 6.45) is 7.83. The van der Waals surface area contributed by atoms with Gasteiger partial charge >= 0.3 is 0 Å². The molecule has 3 heteroatoms. The predicted molar refractivity (Wildman–Crippen MR) is 78.2 cm³/mol. The van der Waals surface area contributed by atoms with E-state index in [2.05, 4.69) is 16.7 Å². The first kappa shape index (κ1) is 13.8. The number of rotatable bonds is 4. The monoisotopic (exact) mass is 266 g/mol. The van der Waals surface area contributed by atoms with E-state index in [0.717, 1.165) is 24.3 Å². The first-order valence-electron chi connectivity index (χ1n) is 8.44. The van der Waals surface area contributed by atoms with E-state index in [0.29, 0.717) is 12.6 Å². The van der Waals surface area contributed by atoms with E-state index in [1.165, 1.54) is 58.3 Å². The van der Waals surface area contributed by atoms with Gasteiger partial charge in [-0.3, -0.25) is 9.80 Å². The molecule has 3 aliphatic rings. The number of nitrogens with zero attached hydrogens (tertiary/aromatic N) is 2. The van der Waals surface area contributed by atoms with Gasteiger partial charge in [0.05, 0.1) is 0 Å². The van der Waals surface area contributed by atoms with Crippen LogP contribution in [0.25, 0.3) is 0 Å². The van der Waals surface area contributed by atoms with Crippen LogP contribution in [0.1, 0.15) is 45.4 Å². The number of likely N-dealkylation sites (tertiary alicyclic amines) is 1. The molecule has 4 atom stereocenters. The molecule has 19 heavy (non-hydrogen) atoms. The third-order valence-corrected chi connectivity index (χ3v) is 5.71. The fraction of sp³-hybridized carbons (Fsp3) is 1.00. The minimum absolute atomic E-state index is 0.360. The van der Waals surface area contributed by atoms with Gasteiger partial charge in [0.25, 0.3) is 0 Å². The lowest BCUT2D eigenvalue weighted by atomic mass is 9.69. The van der Waals surface area contributed by atoms with Crippen LogP contribution >= 0.6 is 0 Å². The zero-order valence-corrected chi connectivity index (χ0v) is 12.4. The lowest BCUT2D eigenvalue weighted by Gasteiger charge is -2.57. The second kappa shape index (κ2) is 6.11. The van der Waals surface area contributed by atoms with Crippen LogP contribution in [0.4, 0.5) is 0 Å². The number of hydrogen-bond acceptors (Lipinski definition) is 3. The molecule has 0 aromatic carbocycles. The molecular formula is C16H30N2O. The SMILES string of the molecule is CCCN1C[C@@H]2CCCN3CCC[C@@H]([C@H]23)[C@H]1CCO. The first-order chi connectivity index (χ1) is 9.35. The smallest absolute Gasteiger partial charge is 0.0446 e. The summed E-state index contributed by atoms with van der Waals surface area (Å²) in [6, 6.07) is 1.49. The molecule has 0 bridgehead atoms. The van der Waals surface area contributed by atoms with Crippen molar-refractivity contribution < 1.29 is 5.11 Å². The van der Waals surface area contributed by atoms with Crippen LogP contribution in [-0.4, -0.2) is 59.8 Å². The molecule has 0 amide bonds. The number of piperidine rings is 3. The minimum atomic E-state index is 0.360. The minimum Gasteiger partial charge on any atom is -0.396 e. The molecular weight excluding hydrogens is 236 g/mol. The lowest BCUT2D eigenvalue weighted by molar-refractivity contribution is -0.0803. The van der Waals surface area contributed by atoms with E-state index in [4.69, 9.17) is 0 Å². The van der Waals surface area contributed by atoms with Crippen LogP contribution in [0.2, 0.25) is 0 Å². The van der Waals surface area contributed by atoms with Crippen molar-refractivity contribution in [3.63, 3.8) is 0 Å². The Hall–Kier alpha value is -0.120. The molecule has 3 aliphatic heterocycles. The highest BCUT2D eigenvalue weighted by molar-refractivity contribution is 5.02. The molecule has 0 aromatic heterocycles. The molecule has 0 radical (unpaired) electrons. The summed E-state index contributed by atoms with van der Waals surface area (Å²) >= 11 is 0. The Kier molecular flexibility index (Phi) is 4.45. The molecule has 0 aliphatic carbocycles. The lowest BCUT2D eigenvalue weighted by Crippen LogP contribution is -2.64. The maximum absolute atomic E-state index is 9.46. The average molecular weight is 266 g/mol. The van der Waals surface area contributed by atoms with Crippen molar-refractivity contribution in [1.29, 1.82) is 0 Å². The van der Waals surface area contributed by atoms with Crippen molar-refractivity contribution in [2.45, 2.75) is 57.5 Å². The zero-order chi connectivity index (χ0) is 13.2. The Balaban J connectivity index is 1.80. The normalized spacial score (nSPS) is 40.1. The van der Waals surface area contributed by atoms with Crippen molar-refractivity contribution in [2.24, 2.45) is 11.8 Å². The molecule has 1 N–H and O–H groups in total. The molecule has 110 valence electrons. The third kappa shape index (κ3) is 2.57. The Morgan fingerprint density at radius 1 is 1.16 bits per heavy atom. The molecule has 0 unspecified atom stereocenters. The molecule has 0 spiro atoms. The number of hydrogen-bond donors (Lipinski definition) is 1. The van der Waals surface area contributed by atoms with Gasteiger partial charge in [-0.15, -0.1) is 0 Å². The van der Waals surface area contributed by atoms with Crippen molar-refractivity contribution >= 4 is 0 Å². The highest BCUT2D eigenvalue weighted by atomic mass is 16.3. The van der Waals surface area contributed by atoms with E-state index < -0.39 is 0 Å². The van der Waals surface area contributed by atoms with E-state index in [9.17, 15) is 5.11 Å². The van der Waals surface area contributed by atoms with Gasteiger partial charge in [0.15, 0.2) is 0 Å². The fourth-order valence-corrected chi connectivity index (χ4v) is 5.16. The first-order valence-corrected chi connectivity index (χ1v) is 8.44. The topological polar surface area (TPSA) is 26.7 Å². The van der Waals surface area contributed by atoms with Crippen LogP contribution in [-0.2, 0) is 0 Å². The van der Waals surface area contributed by atoms with Crippen LogP contribution in [0.5, 0.6) is 0 Å². The summed E-state index contributed by atoms with van der Waals surface area (Å²) in [6.45, 7) is 7.82. The van der Waals surface area contributed by atoms with Crippen LogP contribution in [0, 0.1) is 11.8 Å². The maximum Gasteiger partial charge on any atom is 0.0446 e. The van der Waals surface area contributed by atoms with Crippen molar-refractivity contribution in [2.75, 3.05) is 32.8 Å². The largest absolute Gasteiger partial charge is 0.396 e. The Morgan fingerprint density at radius 2 is 1.95 bits per heavy atom. The Labute approximate surface area is 118 Å². The summed E-state index contributed by atoms with van der Waals surface area (Å²) in [5.74, 6) is 1.73. The summed E-state index contributed by atoms with van der Waals surface area (Å²) in [5.41, 5.74) is 0. The quantitative estimate of drug-likeness (QED) is 0.842. The highest BCUT2D eigenvalue weighted by Crippen LogP contribution is 2.42. The van der Waals surface area contributed by atoms with Crippen molar-refractivity contribution in [3.05, 3.63) is 0 Å². The molecule has 3 rings (SSSR count). The van der Waals surface area contributed by atoms with E-state index in [-0.39, 0.29) is 0 Å². The van der Waals surface area contributed by atoms with Gasteiger partial charge in [0, 0.05) is 25.2 Å². The van der Waals surface area contributed by atoms with Crippen LogP contribution in [0.3, 0.4) is 0 Å². The van der Waals surface area contributed by atoms with E-state index in [1.807, 2.05) is 0 Å². The fourth-order valence-electron chi connectivity index (χ4n) is 5.16. The van der Waals surface area contributed by atoms with Gasteiger partial charge in [-0.05, 0) is 70.0 Å². The van der Waals surface area contributed by atoms with Gasteiger partial charge in [0.1, 0.15) is 0 Å². The van der Waals surface area contributed by atoms with Crippen LogP contribution in [0.15, 0.2) is 0 Å².